The van der Waals surface area contributed by atoms with Gasteiger partial charge in [-0.05, 0) is 60.7 Å². The molecule has 1 atom stereocenters. The van der Waals surface area contributed by atoms with E-state index < -0.39 is 10.0 Å². The minimum atomic E-state index is -3.74. The first-order valence-corrected chi connectivity index (χ1v) is 11.0. The van der Waals surface area contributed by atoms with Crippen LogP contribution in [0.5, 0.6) is 0 Å². The molecule has 0 bridgehead atoms. The molecule has 0 aromatic heterocycles. The van der Waals surface area contributed by atoms with E-state index in [4.69, 9.17) is 5.14 Å². The van der Waals surface area contributed by atoms with Crippen LogP contribution in [0.1, 0.15) is 38.8 Å². The van der Waals surface area contributed by atoms with Crippen molar-refractivity contribution in [3.05, 3.63) is 53.6 Å². The van der Waals surface area contributed by atoms with E-state index in [0.717, 1.165) is 10.5 Å². The van der Waals surface area contributed by atoms with Gasteiger partial charge in [-0.1, -0.05) is 32.9 Å². The second kappa shape index (κ2) is 8.04. The predicted octanol–water partition coefficient (Wildman–Crippen LogP) is 4.06. The van der Waals surface area contributed by atoms with Gasteiger partial charge in [-0.3, -0.25) is 4.79 Å². The predicted molar refractivity (Wildman–Crippen MR) is 112 cm³/mol. The average molecular weight is 407 g/mol. The molecule has 0 aliphatic heterocycles. The van der Waals surface area contributed by atoms with Crippen LogP contribution in [0.3, 0.4) is 0 Å². The van der Waals surface area contributed by atoms with Crippen LogP contribution < -0.4 is 10.5 Å². The summed E-state index contributed by atoms with van der Waals surface area (Å²) in [6.45, 7) is 10.4. The van der Waals surface area contributed by atoms with Crippen LogP contribution in [0.25, 0.3) is 0 Å². The number of benzene rings is 2. The van der Waals surface area contributed by atoms with Crippen LogP contribution in [0.15, 0.2) is 52.3 Å². The van der Waals surface area contributed by atoms with Gasteiger partial charge in [0.2, 0.25) is 15.9 Å². The number of rotatable bonds is 5. The van der Waals surface area contributed by atoms with Crippen LogP contribution in [-0.4, -0.2) is 19.6 Å². The number of sulfonamides is 1. The molecule has 3 N–H and O–H groups in total. The number of nitrogens with one attached hydrogen (secondary N) is 1. The van der Waals surface area contributed by atoms with Gasteiger partial charge in [-0.15, -0.1) is 11.8 Å². The van der Waals surface area contributed by atoms with E-state index in [2.05, 4.69) is 44.3 Å². The fourth-order valence-electron chi connectivity index (χ4n) is 2.41. The molecule has 7 heteroatoms. The van der Waals surface area contributed by atoms with Crippen molar-refractivity contribution in [2.75, 3.05) is 5.32 Å². The van der Waals surface area contributed by atoms with Crippen molar-refractivity contribution in [3.8, 4) is 0 Å². The fraction of sp³-hybridized carbons (Fsp3) is 0.350. The van der Waals surface area contributed by atoms with Gasteiger partial charge < -0.3 is 5.32 Å². The Bertz CT molecular complexity index is 931. The number of hydrogen-bond donors (Lipinski definition) is 2. The standard InChI is InChI=1S/C20H26N2O3S2/c1-13-6-7-15(20(3,4)5)12-18(13)26-14(2)19(23)22-16-8-10-17(11-9-16)27(21,24)25/h6-12,14H,1-5H3,(H,22,23)(H2,21,24,25). The first-order valence-electron chi connectivity index (χ1n) is 8.59. The number of amides is 1. The minimum absolute atomic E-state index is 0.0116. The maximum Gasteiger partial charge on any atom is 0.238 e. The van der Waals surface area contributed by atoms with Crippen molar-refractivity contribution in [1.82, 2.24) is 0 Å². The third-order valence-corrected chi connectivity index (χ3v) is 6.37. The molecule has 1 unspecified atom stereocenters. The molecule has 0 heterocycles. The third kappa shape index (κ3) is 5.82. The molecule has 0 spiro atoms. The highest BCUT2D eigenvalue weighted by molar-refractivity contribution is 8.00. The Hall–Kier alpha value is -1.83. The molecule has 0 saturated heterocycles. The molecular weight excluding hydrogens is 380 g/mol. The van der Waals surface area contributed by atoms with Crippen molar-refractivity contribution in [1.29, 1.82) is 0 Å². The lowest BCUT2D eigenvalue weighted by molar-refractivity contribution is -0.115. The highest BCUT2D eigenvalue weighted by Crippen LogP contribution is 2.32. The van der Waals surface area contributed by atoms with Crippen LogP contribution >= 0.6 is 11.8 Å². The number of hydrogen-bond acceptors (Lipinski definition) is 4. The van der Waals surface area contributed by atoms with E-state index in [1.807, 2.05) is 13.8 Å². The molecule has 0 radical (unpaired) electrons. The molecule has 1 amide bonds. The molecule has 0 aliphatic carbocycles. The molecule has 0 saturated carbocycles. The number of primary sulfonamides is 1. The van der Waals surface area contributed by atoms with Gasteiger partial charge in [0, 0.05) is 10.6 Å². The summed E-state index contributed by atoms with van der Waals surface area (Å²) in [7, 11) is -3.74. The van der Waals surface area contributed by atoms with Gasteiger partial charge in [-0.2, -0.15) is 0 Å². The summed E-state index contributed by atoms with van der Waals surface area (Å²) >= 11 is 1.51. The monoisotopic (exact) mass is 406 g/mol. The Balaban J connectivity index is 2.10. The zero-order valence-corrected chi connectivity index (χ0v) is 17.9. The Morgan fingerprint density at radius 3 is 2.22 bits per heavy atom. The maximum atomic E-state index is 12.5. The first-order chi connectivity index (χ1) is 12.4. The van der Waals surface area contributed by atoms with Crippen molar-refractivity contribution < 1.29 is 13.2 Å². The van der Waals surface area contributed by atoms with Crippen LogP contribution in [-0.2, 0) is 20.2 Å². The van der Waals surface area contributed by atoms with Gasteiger partial charge in [0.05, 0.1) is 10.1 Å². The topological polar surface area (TPSA) is 89.3 Å². The Morgan fingerprint density at radius 1 is 1.11 bits per heavy atom. The summed E-state index contributed by atoms with van der Waals surface area (Å²) in [5.41, 5.74) is 2.92. The van der Waals surface area contributed by atoms with Crippen molar-refractivity contribution in [2.24, 2.45) is 5.14 Å². The molecule has 2 aromatic carbocycles. The van der Waals surface area contributed by atoms with Crippen molar-refractivity contribution >= 4 is 33.4 Å². The van der Waals surface area contributed by atoms with E-state index >= 15 is 0 Å². The first kappa shape index (κ1) is 21.5. The van der Waals surface area contributed by atoms with Gasteiger partial charge in [0.1, 0.15) is 0 Å². The van der Waals surface area contributed by atoms with Gasteiger partial charge >= 0.3 is 0 Å². The summed E-state index contributed by atoms with van der Waals surface area (Å²) in [6.07, 6.45) is 0. The van der Waals surface area contributed by atoms with Gasteiger partial charge in [0.25, 0.3) is 0 Å². The number of anilines is 1. The molecule has 27 heavy (non-hydrogen) atoms. The molecule has 0 aliphatic rings. The number of nitrogens with two attached hydrogens (primary N) is 1. The zero-order chi connectivity index (χ0) is 20.4. The Labute approximate surface area is 165 Å². The van der Waals surface area contributed by atoms with Crippen LogP contribution in [0.2, 0.25) is 0 Å². The summed E-state index contributed by atoms with van der Waals surface area (Å²) in [6, 6.07) is 12.2. The molecule has 2 rings (SSSR count). The second-order valence-corrected chi connectivity index (χ2v) is 10.5. The highest BCUT2D eigenvalue weighted by Gasteiger charge is 2.19. The lowest BCUT2D eigenvalue weighted by Crippen LogP contribution is -2.22. The van der Waals surface area contributed by atoms with Crippen molar-refractivity contribution in [2.45, 2.75) is 55.1 Å². The summed E-state index contributed by atoms with van der Waals surface area (Å²) in [5.74, 6) is -0.149. The highest BCUT2D eigenvalue weighted by atomic mass is 32.2. The number of carbonyl (C=O) groups is 1. The van der Waals surface area contributed by atoms with E-state index in [9.17, 15) is 13.2 Å². The Kier molecular flexibility index (Phi) is 6.39. The zero-order valence-electron chi connectivity index (χ0n) is 16.2. The lowest BCUT2D eigenvalue weighted by atomic mass is 9.87. The van der Waals surface area contributed by atoms with Crippen molar-refractivity contribution in [3.63, 3.8) is 0 Å². The van der Waals surface area contributed by atoms with Gasteiger partial charge in [-0.25, -0.2) is 13.6 Å². The molecule has 5 nitrogen and oxygen atoms in total. The quantitative estimate of drug-likeness (QED) is 0.733. The van der Waals surface area contributed by atoms with E-state index in [-0.39, 0.29) is 21.5 Å². The number of carbonyl (C=O) groups excluding carboxylic acids is 1. The third-order valence-electron chi connectivity index (χ3n) is 4.18. The average Bonchev–Trinajstić information content (AvgIpc) is 2.55. The molecular formula is C20H26N2O3S2. The minimum Gasteiger partial charge on any atom is -0.325 e. The summed E-state index contributed by atoms with van der Waals surface area (Å²) in [4.78, 5) is 13.6. The smallest absolute Gasteiger partial charge is 0.238 e. The maximum absolute atomic E-state index is 12.5. The Morgan fingerprint density at radius 2 is 1.70 bits per heavy atom. The lowest BCUT2D eigenvalue weighted by Gasteiger charge is -2.21. The number of thioether (sulfide) groups is 1. The normalized spacial score (nSPS) is 13.3. The van der Waals surface area contributed by atoms with E-state index in [1.54, 1.807) is 0 Å². The van der Waals surface area contributed by atoms with E-state index in [0.29, 0.717) is 5.69 Å². The van der Waals surface area contributed by atoms with Crippen LogP contribution in [0.4, 0.5) is 5.69 Å². The van der Waals surface area contributed by atoms with Gasteiger partial charge in [0.15, 0.2) is 0 Å². The summed E-state index contributed by atoms with van der Waals surface area (Å²) < 4.78 is 22.6. The second-order valence-electron chi connectivity index (χ2n) is 7.55. The molecule has 146 valence electrons. The van der Waals surface area contributed by atoms with E-state index in [1.165, 1.54) is 41.6 Å². The largest absolute Gasteiger partial charge is 0.325 e. The molecule has 2 aromatic rings. The molecule has 0 fully saturated rings. The SMILES string of the molecule is Cc1ccc(C(C)(C)C)cc1SC(C)C(=O)Nc1ccc(S(N)(=O)=O)cc1. The van der Waals surface area contributed by atoms with Crippen LogP contribution in [0, 0.1) is 6.92 Å². The number of aryl methyl sites for hydroxylation is 1. The summed E-state index contributed by atoms with van der Waals surface area (Å²) in [5, 5.41) is 7.58. The fourth-order valence-corrected chi connectivity index (χ4v) is 3.92.